The Kier molecular flexibility index (Phi) is 4.45. The van der Waals surface area contributed by atoms with Gasteiger partial charge in [0.25, 0.3) is 0 Å². The molecule has 0 aliphatic rings. The molecule has 2 aromatic rings. The Balaban J connectivity index is 2.11. The molecule has 2 aromatic carbocycles. The molecule has 2 rings (SSSR count). The Hall–Kier alpha value is -1.81. The molecule has 0 aliphatic carbocycles. The molecule has 0 unspecified atom stereocenters. The number of benzene rings is 2. The van der Waals surface area contributed by atoms with Crippen molar-refractivity contribution in [2.24, 2.45) is 0 Å². The van der Waals surface area contributed by atoms with E-state index in [9.17, 15) is 18.0 Å². The molecule has 0 aliphatic heterocycles. The smallest absolute Gasteiger partial charge is 0.142 e. The van der Waals surface area contributed by atoms with Crippen LogP contribution in [0.4, 0.5) is 13.2 Å². The summed E-state index contributed by atoms with van der Waals surface area (Å²) >= 11 is 5.53. The highest BCUT2D eigenvalue weighted by Gasteiger charge is 2.14. The summed E-state index contributed by atoms with van der Waals surface area (Å²) in [7, 11) is 0. The van der Waals surface area contributed by atoms with Crippen molar-refractivity contribution in [1.82, 2.24) is 0 Å². The maximum absolute atomic E-state index is 13.4. The fraction of sp³-hybridized carbons (Fsp3) is 0.133. The third-order valence-corrected chi connectivity index (χ3v) is 3.13. The Bertz CT molecular complexity index is 635. The van der Waals surface area contributed by atoms with E-state index in [0.717, 1.165) is 18.2 Å². The van der Waals surface area contributed by atoms with Crippen molar-refractivity contribution in [3.63, 3.8) is 0 Å². The number of Topliss-reactive ketones (excluding diaryl/α,β-unsaturated/α-hetero) is 1. The minimum atomic E-state index is -0.763. The molecule has 0 fully saturated rings. The molecule has 0 saturated heterocycles. The number of hydrogen-bond donors (Lipinski definition) is 0. The standard InChI is InChI=1S/C15H10ClF3O/c16-12-5-4-9(7-15(12)19)6-10(20)8-11-13(17)2-1-3-14(11)18/h1-5,7H,6,8H2. The van der Waals surface area contributed by atoms with E-state index in [-0.39, 0.29) is 23.4 Å². The first-order valence-corrected chi connectivity index (χ1v) is 6.23. The molecule has 0 radical (unpaired) electrons. The molecule has 5 heteroatoms. The minimum absolute atomic E-state index is 0.0404. The second-order valence-corrected chi connectivity index (χ2v) is 4.75. The Morgan fingerprint density at radius 2 is 1.60 bits per heavy atom. The van der Waals surface area contributed by atoms with Gasteiger partial charge in [0.1, 0.15) is 23.2 Å². The van der Waals surface area contributed by atoms with Gasteiger partial charge in [-0.2, -0.15) is 0 Å². The molecule has 0 bridgehead atoms. The molecular weight excluding hydrogens is 289 g/mol. The zero-order valence-corrected chi connectivity index (χ0v) is 11.1. The number of rotatable bonds is 4. The Labute approximate surface area is 119 Å². The van der Waals surface area contributed by atoms with Gasteiger partial charge in [-0.3, -0.25) is 4.79 Å². The van der Waals surface area contributed by atoms with E-state index in [1.165, 1.54) is 18.2 Å². The lowest BCUT2D eigenvalue weighted by Gasteiger charge is -2.05. The van der Waals surface area contributed by atoms with Gasteiger partial charge in [-0.15, -0.1) is 0 Å². The van der Waals surface area contributed by atoms with Crippen LogP contribution < -0.4 is 0 Å². The molecule has 0 atom stereocenters. The molecule has 0 amide bonds. The van der Waals surface area contributed by atoms with Crippen molar-refractivity contribution in [1.29, 1.82) is 0 Å². The minimum Gasteiger partial charge on any atom is -0.299 e. The summed E-state index contributed by atoms with van der Waals surface area (Å²) in [5.41, 5.74) is 0.139. The SMILES string of the molecule is O=C(Cc1ccc(Cl)c(F)c1)Cc1c(F)cccc1F. The van der Waals surface area contributed by atoms with Gasteiger partial charge < -0.3 is 0 Å². The lowest BCUT2D eigenvalue weighted by Crippen LogP contribution is -2.09. The van der Waals surface area contributed by atoms with E-state index >= 15 is 0 Å². The van der Waals surface area contributed by atoms with Gasteiger partial charge in [0.15, 0.2) is 0 Å². The van der Waals surface area contributed by atoms with Gasteiger partial charge in [0, 0.05) is 18.4 Å². The van der Waals surface area contributed by atoms with Crippen LogP contribution in [0.25, 0.3) is 0 Å². The predicted molar refractivity (Wildman–Crippen MR) is 70.2 cm³/mol. The normalized spacial score (nSPS) is 10.6. The highest BCUT2D eigenvalue weighted by Crippen LogP contribution is 2.17. The van der Waals surface area contributed by atoms with E-state index in [4.69, 9.17) is 11.6 Å². The summed E-state index contributed by atoms with van der Waals surface area (Å²) in [6, 6.07) is 7.39. The zero-order chi connectivity index (χ0) is 14.7. The van der Waals surface area contributed by atoms with Gasteiger partial charge in [-0.1, -0.05) is 23.7 Å². The third-order valence-electron chi connectivity index (χ3n) is 2.82. The number of ketones is 1. The molecule has 1 nitrogen and oxygen atoms in total. The van der Waals surface area contributed by atoms with Crippen LogP contribution in [0, 0.1) is 17.5 Å². The first-order chi connectivity index (χ1) is 9.47. The van der Waals surface area contributed by atoms with Crippen molar-refractivity contribution in [2.45, 2.75) is 12.8 Å². The van der Waals surface area contributed by atoms with Gasteiger partial charge >= 0.3 is 0 Å². The average Bonchev–Trinajstić information content (AvgIpc) is 2.38. The van der Waals surface area contributed by atoms with Crippen molar-refractivity contribution in [3.05, 3.63) is 70.0 Å². The highest BCUT2D eigenvalue weighted by atomic mass is 35.5. The van der Waals surface area contributed by atoms with E-state index in [0.29, 0.717) is 5.56 Å². The van der Waals surface area contributed by atoms with Gasteiger partial charge in [-0.05, 0) is 29.8 Å². The van der Waals surface area contributed by atoms with Crippen LogP contribution >= 0.6 is 11.6 Å². The second-order valence-electron chi connectivity index (χ2n) is 4.34. The van der Waals surface area contributed by atoms with Crippen LogP contribution in [0.5, 0.6) is 0 Å². The Morgan fingerprint density at radius 3 is 2.20 bits per heavy atom. The molecular formula is C15H10ClF3O. The van der Waals surface area contributed by atoms with E-state index in [1.54, 1.807) is 0 Å². The van der Waals surface area contributed by atoms with Crippen LogP contribution in [0.2, 0.25) is 5.02 Å². The van der Waals surface area contributed by atoms with Crippen LogP contribution in [-0.4, -0.2) is 5.78 Å². The largest absolute Gasteiger partial charge is 0.299 e. The quantitative estimate of drug-likeness (QED) is 0.830. The second kappa shape index (κ2) is 6.09. The van der Waals surface area contributed by atoms with Crippen molar-refractivity contribution < 1.29 is 18.0 Å². The van der Waals surface area contributed by atoms with Crippen LogP contribution in [-0.2, 0) is 17.6 Å². The van der Waals surface area contributed by atoms with E-state index in [1.807, 2.05) is 0 Å². The van der Waals surface area contributed by atoms with Crippen LogP contribution in [0.1, 0.15) is 11.1 Å². The summed E-state index contributed by atoms with van der Waals surface area (Å²) < 4.78 is 40.0. The molecule has 0 heterocycles. The zero-order valence-electron chi connectivity index (χ0n) is 10.3. The summed E-state index contributed by atoms with van der Waals surface area (Å²) in [5.74, 6) is -2.56. The summed E-state index contributed by atoms with van der Waals surface area (Å²) in [6.45, 7) is 0. The summed E-state index contributed by atoms with van der Waals surface area (Å²) in [4.78, 5) is 11.8. The van der Waals surface area contributed by atoms with E-state index < -0.39 is 23.2 Å². The van der Waals surface area contributed by atoms with Crippen LogP contribution in [0.15, 0.2) is 36.4 Å². The number of carbonyl (C=O) groups excluding carboxylic acids is 1. The fourth-order valence-electron chi connectivity index (χ4n) is 1.84. The fourth-order valence-corrected chi connectivity index (χ4v) is 1.96. The van der Waals surface area contributed by atoms with E-state index in [2.05, 4.69) is 0 Å². The average molecular weight is 299 g/mol. The highest BCUT2D eigenvalue weighted by molar-refractivity contribution is 6.30. The van der Waals surface area contributed by atoms with Crippen molar-refractivity contribution >= 4 is 17.4 Å². The monoisotopic (exact) mass is 298 g/mol. The Morgan fingerprint density at radius 1 is 0.950 bits per heavy atom. The maximum Gasteiger partial charge on any atom is 0.142 e. The lowest BCUT2D eigenvalue weighted by atomic mass is 10.0. The van der Waals surface area contributed by atoms with Gasteiger partial charge in [0.05, 0.1) is 5.02 Å². The number of hydrogen-bond acceptors (Lipinski definition) is 1. The predicted octanol–water partition coefficient (Wildman–Crippen LogP) is 4.11. The van der Waals surface area contributed by atoms with Gasteiger partial charge in [0.2, 0.25) is 0 Å². The summed E-state index contributed by atoms with van der Waals surface area (Å²) in [5, 5.41) is -0.0404. The van der Waals surface area contributed by atoms with Crippen molar-refractivity contribution in [2.75, 3.05) is 0 Å². The molecule has 0 N–H and O–H groups in total. The maximum atomic E-state index is 13.4. The van der Waals surface area contributed by atoms with Gasteiger partial charge in [-0.25, -0.2) is 13.2 Å². The van der Waals surface area contributed by atoms with Crippen LogP contribution in [0.3, 0.4) is 0 Å². The molecule has 20 heavy (non-hydrogen) atoms. The first-order valence-electron chi connectivity index (χ1n) is 5.86. The number of halogens is 4. The lowest BCUT2D eigenvalue weighted by molar-refractivity contribution is -0.117. The molecule has 0 saturated carbocycles. The third kappa shape index (κ3) is 3.39. The van der Waals surface area contributed by atoms with Crippen molar-refractivity contribution in [3.8, 4) is 0 Å². The molecule has 0 spiro atoms. The molecule has 104 valence electrons. The topological polar surface area (TPSA) is 17.1 Å². The molecule has 0 aromatic heterocycles. The number of carbonyl (C=O) groups is 1. The summed E-state index contributed by atoms with van der Waals surface area (Å²) in [6.07, 6.45) is -0.482. The first kappa shape index (κ1) is 14.6.